The highest BCUT2D eigenvalue weighted by Crippen LogP contribution is 2.14. The van der Waals surface area contributed by atoms with Gasteiger partial charge in [0.15, 0.2) is 12.4 Å². The Morgan fingerprint density at radius 2 is 0.792 bits per heavy atom. The average molecular weight is 1000 g/mol. The van der Waals surface area contributed by atoms with Crippen molar-refractivity contribution in [3.63, 3.8) is 0 Å². The summed E-state index contributed by atoms with van der Waals surface area (Å²) in [5.74, 6) is -2.31. The number of carboxylic acid groups (broad SMARTS) is 1. The van der Waals surface area contributed by atoms with Crippen molar-refractivity contribution in [1.82, 2.24) is 0 Å². The molecule has 0 amide bonds. The van der Waals surface area contributed by atoms with Crippen molar-refractivity contribution >= 4 is 17.9 Å². The number of carboxylic acids is 1. The van der Waals surface area contributed by atoms with Crippen molar-refractivity contribution in [2.45, 2.75) is 212 Å². The lowest BCUT2D eigenvalue weighted by Gasteiger charge is -2.26. The van der Waals surface area contributed by atoms with Crippen LogP contribution in [0.2, 0.25) is 0 Å². The van der Waals surface area contributed by atoms with E-state index in [0.29, 0.717) is 17.4 Å². The van der Waals surface area contributed by atoms with E-state index in [1.807, 2.05) is 21.1 Å². The monoisotopic (exact) mass is 1000 g/mol. The van der Waals surface area contributed by atoms with Crippen molar-refractivity contribution in [3.8, 4) is 0 Å². The van der Waals surface area contributed by atoms with Gasteiger partial charge in [-0.15, -0.1) is 0 Å². The normalized spacial score (nSPS) is 13.7. The molecule has 2 atom stereocenters. The van der Waals surface area contributed by atoms with E-state index in [1.165, 1.54) is 57.8 Å². The Hall–Kier alpha value is -4.31. The Bertz CT molecular complexity index is 1590. The molecule has 9 nitrogen and oxygen atoms in total. The molecular formula is C63H103NO8. The third-order valence-corrected chi connectivity index (χ3v) is 11.5. The third kappa shape index (κ3) is 53.5. The van der Waals surface area contributed by atoms with Gasteiger partial charge < -0.3 is 33.3 Å². The van der Waals surface area contributed by atoms with Crippen LogP contribution in [0.4, 0.5) is 0 Å². The minimum atomic E-state index is -1.63. The largest absolute Gasteiger partial charge is 0.545 e. The highest BCUT2D eigenvalue weighted by molar-refractivity contribution is 5.70. The highest BCUT2D eigenvalue weighted by Gasteiger charge is 2.22. The molecule has 0 radical (unpaired) electrons. The Morgan fingerprint density at radius 1 is 0.431 bits per heavy atom. The van der Waals surface area contributed by atoms with Gasteiger partial charge in [0, 0.05) is 12.8 Å². The number of likely N-dealkylation sites (N-methyl/N-ethyl adjacent to an activating group) is 1. The van der Waals surface area contributed by atoms with E-state index in [2.05, 4.69) is 135 Å². The van der Waals surface area contributed by atoms with Crippen LogP contribution in [0.1, 0.15) is 200 Å². The molecule has 0 heterocycles. The number of esters is 2. The lowest BCUT2D eigenvalue weighted by atomic mass is 10.1. The van der Waals surface area contributed by atoms with Crippen LogP contribution in [-0.4, -0.2) is 82.3 Å². The molecule has 2 unspecified atom stereocenters. The summed E-state index contributed by atoms with van der Waals surface area (Å²) in [5, 5.41) is 11.7. The molecule has 0 saturated carbocycles. The van der Waals surface area contributed by atoms with Crippen LogP contribution in [0.3, 0.4) is 0 Å². The number of aliphatic carboxylic acids is 1. The predicted molar refractivity (Wildman–Crippen MR) is 301 cm³/mol. The maximum absolute atomic E-state index is 12.8. The minimum absolute atomic E-state index is 0.141. The van der Waals surface area contributed by atoms with Crippen molar-refractivity contribution in [2.75, 3.05) is 47.5 Å². The molecule has 0 aliphatic heterocycles. The van der Waals surface area contributed by atoms with Gasteiger partial charge in [0.1, 0.15) is 13.2 Å². The van der Waals surface area contributed by atoms with E-state index in [0.717, 1.165) is 109 Å². The zero-order valence-electron chi connectivity index (χ0n) is 46.2. The summed E-state index contributed by atoms with van der Waals surface area (Å²) in [5.41, 5.74) is 0. The molecule has 0 aromatic carbocycles. The fourth-order valence-corrected chi connectivity index (χ4v) is 7.15. The summed E-state index contributed by atoms with van der Waals surface area (Å²) in [7, 11) is 5.90. The lowest BCUT2D eigenvalue weighted by molar-refractivity contribution is -0.870. The van der Waals surface area contributed by atoms with Crippen LogP contribution < -0.4 is 5.11 Å². The maximum Gasteiger partial charge on any atom is 0.306 e. The topological polar surface area (TPSA) is 111 Å². The molecule has 0 N–H and O–H groups in total. The molecule has 0 spiro atoms. The van der Waals surface area contributed by atoms with E-state index in [4.69, 9.17) is 18.9 Å². The van der Waals surface area contributed by atoms with E-state index >= 15 is 0 Å². The van der Waals surface area contributed by atoms with Crippen molar-refractivity contribution in [2.24, 2.45) is 0 Å². The molecule has 72 heavy (non-hydrogen) atoms. The maximum atomic E-state index is 12.8. The first-order valence-electron chi connectivity index (χ1n) is 28.2. The second-order valence-corrected chi connectivity index (χ2v) is 19.5. The van der Waals surface area contributed by atoms with Gasteiger partial charge in [-0.3, -0.25) is 9.59 Å². The van der Waals surface area contributed by atoms with Crippen LogP contribution in [0.25, 0.3) is 0 Å². The Morgan fingerprint density at radius 3 is 1.18 bits per heavy atom. The molecule has 0 aliphatic rings. The van der Waals surface area contributed by atoms with Gasteiger partial charge in [0.05, 0.1) is 40.3 Å². The number of quaternary nitrogens is 1. The zero-order valence-corrected chi connectivity index (χ0v) is 46.2. The van der Waals surface area contributed by atoms with Crippen molar-refractivity contribution < 1.29 is 42.9 Å². The first-order chi connectivity index (χ1) is 35.1. The number of rotatable bonds is 50. The van der Waals surface area contributed by atoms with Crippen LogP contribution in [0.5, 0.6) is 0 Å². The number of carbonyl (C=O) groups is 3. The van der Waals surface area contributed by atoms with Crippen LogP contribution >= 0.6 is 0 Å². The number of nitrogens with zero attached hydrogens (tertiary/aromatic N) is 1. The first-order valence-corrected chi connectivity index (χ1v) is 28.2. The average Bonchev–Trinajstić information content (AvgIpc) is 3.35. The molecule has 0 aliphatic carbocycles. The van der Waals surface area contributed by atoms with Gasteiger partial charge in [-0.25, -0.2) is 0 Å². The van der Waals surface area contributed by atoms with Gasteiger partial charge in [-0.05, 0) is 89.9 Å². The quantitative estimate of drug-likeness (QED) is 0.0195. The van der Waals surface area contributed by atoms with Gasteiger partial charge in [-0.1, -0.05) is 219 Å². The minimum Gasteiger partial charge on any atom is -0.545 e. The molecule has 9 heteroatoms. The number of carbonyl (C=O) groups excluding carboxylic acids is 3. The second-order valence-electron chi connectivity index (χ2n) is 19.5. The standard InChI is InChI=1S/C63H103NO8/c1-6-8-10-12-14-16-17-18-19-20-21-22-23-24-25-26-27-28-29-30-31-32-33-34-35-36-37-38-39-40-41-42-43-44-45-46-48-50-52-54-61(66)72-59(58-71-63(62(67)68)69-56-55-64(3,4)5)57-70-60(65)53-51-49-47-15-13-11-9-7-2/h8,10,14,16,18-19,21-22,24-25,27-28,30-31,33-34,36-37,39-40,59,63H,6-7,9,11-13,15,17,20,23,26,29,32,35,38,41-58H2,1-5H3/b10-8-,16-14-,19-18-,22-21-,25-24-,28-27-,31-30-,34-33-,37-36-,40-39-. The molecule has 0 aromatic heterocycles. The zero-order chi connectivity index (χ0) is 52.7. The van der Waals surface area contributed by atoms with Crippen molar-refractivity contribution in [1.29, 1.82) is 0 Å². The first kappa shape index (κ1) is 67.7. The fraction of sp³-hybridized carbons (Fsp3) is 0.635. The van der Waals surface area contributed by atoms with Crippen LogP contribution in [0, 0.1) is 0 Å². The molecule has 0 bridgehead atoms. The summed E-state index contributed by atoms with van der Waals surface area (Å²) in [4.78, 5) is 37.0. The van der Waals surface area contributed by atoms with E-state index in [1.54, 1.807) is 0 Å². The number of unbranched alkanes of at least 4 members (excludes halogenated alkanes) is 15. The predicted octanol–water partition coefficient (Wildman–Crippen LogP) is 15.2. The molecule has 0 rings (SSSR count). The second kappa shape index (κ2) is 53.0. The highest BCUT2D eigenvalue weighted by atomic mass is 16.7. The molecular weight excluding hydrogens is 899 g/mol. The summed E-state index contributed by atoms with van der Waals surface area (Å²) in [6.07, 6.45) is 71.3. The Labute approximate surface area is 440 Å². The van der Waals surface area contributed by atoms with E-state index in [-0.39, 0.29) is 38.6 Å². The molecule has 0 saturated heterocycles. The van der Waals surface area contributed by atoms with Crippen LogP contribution in [0.15, 0.2) is 122 Å². The number of hydrogen-bond donors (Lipinski definition) is 0. The van der Waals surface area contributed by atoms with Gasteiger partial charge in [0.2, 0.25) is 0 Å². The third-order valence-electron chi connectivity index (χ3n) is 11.5. The number of ether oxygens (including phenoxy) is 4. The molecule has 0 aromatic rings. The SMILES string of the molecule is CC/C=C\C/C=C\C/C=C\C/C=C\C/C=C\C/C=C\C/C=C\C/C=C\C/C=C\C/C=C\CCCCCCCCCCC(=O)OC(COC(=O)CCCCCCCCCC)COC(OCC[N+](C)(C)C)C(=O)[O-]. The molecule has 408 valence electrons. The van der Waals surface area contributed by atoms with Gasteiger partial charge >= 0.3 is 11.9 Å². The summed E-state index contributed by atoms with van der Waals surface area (Å²) >= 11 is 0. The summed E-state index contributed by atoms with van der Waals surface area (Å²) < 4.78 is 22.5. The van der Waals surface area contributed by atoms with Gasteiger partial charge in [0.25, 0.3) is 0 Å². The summed E-state index contributed by atoms with van der Waals surface area (Å²) in [6, 6.07) is 0. The number of allylic oxidation sites excluding steroid dienone is 20. The van der Waals surface area contributed by atoms with Crippen LogP contribution in [-0.2, 0) is 33.3 Å². The van der Waals surface area contributed by atoms with E-state index < -0.39 is 24.3 Å². The van der Waals surface area contributed by atoms with Gasteiger partial charge in [-0.2, -0.15) is 0 Å². The number of hydrogen-bond acceptors (Lipinski definition) is 8. The lowest BCUT2D eigenvalue weighted by Crippen LogP contribution is -2.44. The molecule has 0 fully saturated rings. The fourth-order valence-electron chi connectivity index (χ4n) is 7.15. The Kier molecular flexibility index (Phi) is 49.8. The smallest absolute Gasteiger partial charge is 0.306 e. The van der Waals surface area contributed by atoms with E-state index in [9.17, 15) is 19.5 Å². The Balaban J connectivity index is 4.11. The summed E-state index contributed by atoms with van der Waals surface area (Å²) in [6.45, 7) is 4.56. The van der Waals surface area contributed by atoms with Crippen molar-refractivity contribution in [3.05, 3.63) is 122 Å².